The van der Waals surface area contributed by atoms with Crippen LogP contribution in [-0.4, -0.2) is 18.2 Å². The molecule has 1 aliphatic heterocycles. The van der Waals surface area contributed by atoms with E-state index in [1.54, 1.807) is 11.8 Å². The zero-order valence-corrected chi connectivity index (χ0v) is 16.2. The Balaban J connectivity index is 1.40. The van der Waals surface area contributed by atoms with E-state index >= 15 is 0 Å². The van der Waals surface area contributed by atoms with E-state index in [1.165, 1.54) is 9.79 Å². The maximum absolute atomic E-state index is 12.0. The van der Waals surface area contributed by atoms with Gasteiger partial charge in [-0.25, -0.2) is 5.43 Å². The van der Waals surface area contributed by atoms with Crippen molar-refractivity contribution in [3.63, 3.8) is 0 Å². The van der Waals surface area contributed by atoms with Crippen LogP contribution in [0.15, 0.2) is 87.7 Å². The summed E-state index contributed by atoms with van der Waals surface area (Å²) in [6.45, 7) is 2.05. The summed E-state index contributed by atoms with van der Waals surface area (Å²) in [5.41, 5.74) is 7.37. The zero-order chi connectivity index (χ0) is 19.3. The highest BCUT2D eigenvalue weighted by Gasteiger charge is 2.15. The summed E-state index contributed by atoms with van der Waals surface area (Å²) in [6, 6.07) is 24.0. The minimum atomic E-state index is -0.191. The number of hydrazone groups is 1. The van der Waals surface area contributed by atoms with Crippen LogP contribution in [0.4, 0.5) is 17.1 Å². The van der Waals surface area contributed by atoms with Crippen molar-refractivity contribution in [2.75, 3.05) is 17.2 Å². The summed E-state index contributed by atoms with van der Waals surface area (Å²) < 4.78 is 0. The zero-order valence-electron chi connectivity index (χ0n) is 15.4. The van der Waals surface area contributed by atoms with Crippen LogP contribution in [0.2, 0.25) is 0 Å². The van der Waals surface area contributed by atoms with Gasteiger partial charge in [0.05, 0.1) is 23.6 Å². The van der Waals surface area contributed by atoms with Gasteiger partial charge in [-0.2, -0.15) is 5.10 Å². The number of para-hydroxylation sites is 2. The molecule has 4 rings (SSSR count). The van der Waals surface area contributed by atoms with E-state index < -0.39 is 0 Å². The normalized spacial score (nSPS) is 12.4. The SMILES string of the molecule is C/C(=N\NC(=O)CNc1ccccc1)c1ccc2c(c1)Nc1ccccc1S2. The highest BCUT2D eigenvalue weighted by Crippen LogP contribution is 2.44. The van der Waals surface area contributed by atoms with Crippen molar-refractivity contribution in [1.82, 2.24) is 5.43 Å². The van der Waals surface area contributed by atoms with Gasteiger partial charge in [-0.1, -0.05) is 48.2 Å². The Bertz CT molecular complexity index is 1030. The molecule has 140 valence electrons. The van der Waals surface area contributed by atoms with Crippen molar-refractivity contribution in [3.8, 4) is 0 Å². The number of anilines is 3. The molecular formula is C22H20N4OS. The Morgan fingerprint density at radius 1 is 0.964 bits per heavy atom. The molecule has 5 nitrogen and oxygen atoms in total. The average molecular weight is 388 g/mol. The fraction of sp³-hybridized carbons (Fsp3) is 0.0909. The third-order valence-electron chi connectivity index (χ3n) is 4.35. The van der Waals surface area contributed by atoms with Crippen molar-refractivity contribution < 1.29 is 4.79 Å². The fourth-order valence-electron chi connectivity index (χ4n) is 2.85. The lowest BCUT2D eigenvalue weighted by atomic mass is 10.1. The van der Waals surface area contributed by atoms with E-state index in [1.807, 2.05) is 55.5 Å². The van der Waals surface area contributed by atoms with E-state index in [4.69, 9.17) is 0 Å². The molecule has 3 aromatic rings. The number of rotatable bonds is 5. The monoisotopic (exact) mass is 388 g/mol. The molecule has 0 saturated heterocycles. The lowest BCUT2D eigenvalue weighted by Crippen LogP contribution is -2.26. The van der Waals surface area contributed by atoms with E-state index in [0.717, 1.165) is 28.3 Å². The van der Waals surface area contributed by atoms with Gasteiger partial charge >= 0.3 is 0 Å². The maximum Gasteiger partial charge on any atom is 0.259 e. The van der Waals surface area contributed by atoms with Gasteiger partial charge in [-0.05, 0) is 48.9 Å². The van der Waals surface area contributed by atoms with Gasteiger partial charge in [0.2, 0.25) is 0 Å². The van der Waals surface area contributed by atoms with Crippen LogP contribution in [0.3, 0.4) is 0 Å². The molecule has 1 aliphatic rings. The number of benzene rings is 3. The largest absolute Gasteiger partial charge is 0.376 e. The molecule has 1 heterocycles. The van der Waals surface area contributed by atoms with Gasteiger partial charge in [0.1, 0.15) is 0 Å². The summed E-state index contributed by atoms with van der Waals surface area (Å²) in [5, 5.41) is 10.8. The van der Waals surface area contributed by atoms with Gasteiger partial charge < -0.3 is 10.6 Å². The van der Waals surface area contributed by atoms with E-state index in [9.17, 15) is 4.79 Å². The average Bonchev–Trinajstić information content (AvgIpc) is 2.74. The molecule has 0 unspecified atom stereocenters. The number of nitrogens with zero attached hydrogens (tertiary/aromatic N) is 1. The second-order valence-electron chi connectivity index (χ2n) is 6.39. The van der Waals surface area contributed by atoms with Crippen LogP contribution in [0.1, 0.15) is 12.5 Å². The van der Waals surface area contributed by atoms with Crippen LogP contribution in [0.5, 0.6) is 0 Å². The van der Waals surface area contributed by atoms with Gasteiger partial charge in [0.25, 0.3) is 5.91 Å². The highest BCUT2D eigenvalue weighted by molar-refractivity contribution is 7.99. The number of hydrogen-bond donors (Lipinski definition) is 3. The van der Waals surface area contributed by atoms with Crippen LogP contribution in [0, 0.1) is 0 Å². The van der Waals surface area contributed by atoms with Gasteiger partial charge in [-0.3, -0.25) is 4.79 Å². The number of fused-ring (bicyclic) bond motifs is 2. The van der Waals surface area contributed by atoms with Crippen molar-refractivity contribution in [2.24, 2.45) is 5.10 Å². The molecule has 0 bridgehead atoms. The Labute approximate surface area is 168 Å². The molecule has 0 saturated carbocycles. The molecule has 0 aromatic heterocycles. The van der Waals surface area contributed by atoms with E-state index in [-0.39, 0.29) is 12.5 Å². The first-order valence-electron chi connectivity index (χ1n) is 8.99. The second-order valence-corrected chi connectivity index (χ2v) is 7.47. The van der Waals surface area contributed by atoms with Crippen LogP contribution >= 0.6 is 11.8 Å². The van der Waals surface area contributed by atoms with Crippen molar-refractivity contribution >= 4 is 40.4 Å². The number of carbonyl (C=O) groups is 1. The Hall–Kier alpha value is -3.25. The number of amides is 1. The van der Waals surface area contributed by atoms with Crippen molar-refractivity contribution in [3.05, 3.63) is 78.4 Å². The number of hydrogen-bond acceptors (Lipinski definition) is 5. The summed E-state index contributed by atoms with van der Waals surface area (Å²) >= 11 is 1.75. The molecule has 0 radical (unpaired) electrons. The summed E-state index contributed by atoms with van der Waals surface area (Å²) in [4.78, 5) is 14.4. The molecule has 1 amide bonds. The lowest BCUT2D eigenvalue weighted by molar-refractivity contribution is -0.119. The second kappa shape index (κ2) is 8.19. The van der Waals surface area contributed by atoms with Gasteiger partial charge in [0, 0.05) is 15.5 Å². The van der Waals surface area contributed by atoms with Crippen molar-refractivity contribution in [1.29, 1.82) is 0 Å². The summed E-state index contributed by atoms with van der Waals surface area (Å²) in [7, 11) is 0. The highest BCUT2D eigenvalue weighted by atomic mass is 32.2. The number of nitrogens with one attached hydrogen (secondary N) is 3. The third-order valence-corrected chi connectivity index (χ3v) is 5.50. The van der Waals surface area contributed by atoms with Gasteiger partial charge in [0.15, 0.2) is 0 Å². The predicted octanol–water partition coefficient (Wildman–Crippen LogP) is 4.85. The Morgan fingerprint density at radius 2 is 1.71 bits per heavy atom. The maximum atomic E-state index is 12.0. The molecule has 3 N–H and O–H groups in total. The third kappa shape index (κ3) is 4.18. The smallest absolute Gasteiger partial charge is 0.259 e. The quantitative estimate of drug-likeness (QED) is 0.338. The Morgan fingerprint density at radius 3 is 2.57 bits per heavy atom. The standard InChI is InChI=1S/C22H20N4OS/c1-15(25-26-22(27)14-23-17-7-3-2-4-8-17)16-11-12-21-19(13-16)24-18-9-5-6-10-20(18)28-21/h2-13,23-24H,14H2,1H3,(H,26,27)/b25-15+. The number of carbonyl (C=O) groups excluding carboxylic acids is 1. The first-order chi connectivity index (χ1) is 13.7. The van der Waals surface area contributed by atoms with Crippen molar-refractivity contribution in [2.45, 2.75) is 16.7 Å². The molecule has 0 atom stereocenters. The predicted molar refractivity (Wildman–Crippen MR) is 116 cm³/mol. The molecule has 0 fully saturated rings. The first-order valence-corrected chi connectivity index (χ1v) is 9.81. The summed E-state index contributed by atoms with van der Waals surface area (Å²) in [6.07, 6.45) is 0. The first kappa shape index (κ1) is 18.1. The van der Waals surface area contributed by atoms with Crippen LogP contribution in [0.25, 0.3) is 0 Å². The minimum absolute atomic E-state index is 0.167. The molecule has 3 aromatic carbocycles. The lowest BCUT2D eigenvalue weighted by Gasteiger charge is -2.21. The molecular weight excluding hydrogens is 368 g/mol. The Kier molecular flexibility index (Phi) is 5.30. The van der Waals surface area contributed by atoms with Gasteiger partial charge in [-0.15, -0.1) is 0 Å². The molecule has 0 spiro atoms. The van der Waals surface area contributed by atoms with E-state index in [0.29, 0.717) is 0 Å². The molecule has 28 heavy (non-hydrogen) atoms. The topological polar surface area (TPSA) is 65.5 Å². The summed E-state index contributed by atoms with van der Waals surface area (Å²) in [5.74, 6) is -0.191. The fourth-order valence-corrected chi connectivity index (χ4v) is 3.82. The molecule has 0 aliphatic carbocycles. The van der Waals surface area contributed by atoms with E-state index in [2.05, 4.69) is 45.4 Å². The minimum Gasteiger partial charge on any atom is -0.376 e. The van der Waals surface area contributed by atoms with Crippen LogP contribution in [-0.2, 0) is 4.79 Å². The molecule has 6 heteroatoms. The van der Waals surface area contributed by atoms with Crippen LogP contribution < -0.4 is 16.1 Å².